The number of carbonyl (C=O) groups excluding carboxylic acids is 1. The SMILES string of the molecule is CCCCC(C(C)=O)C(C(=O)O)C(O)(CC(=O)O)C(=O)O. The van der Waals surface area contributed by atoms with Gasteiger partial charge in [0.1, 0.15) is 11.7 Å². The van der Waals surface area contributed by atoms with Gasteiger partial charge in [-0.2, -0.15) is 0 Å². The normalized spacial score (nSPS) is 16.5. The van der Waals surface area contributed by atoms with Crippen LogP contribution in [0.25, 0.3) is 0 Å². The molecule has 21 heavy (non-hydrogen) atoms. The Balaban J connectivity index is 5.78. The van der Waals surface area contributed by atoms with Crippen LogP contribution in [0.15, 0.2) is 0 Å². The molecular weight excluding hydrogens is 284 g/mol. The first-order chi connectivity index (χ1) is 9.57. The maximum Gasteiger partial charge on any atom is 0.337 e. The molecular formula is C13H20O8. The average molecular weight is 304 g/mol. The van der Waals surface area contributed by atoms with Crippen LogP contribution in [0.1, 0.15) is 39.5 Å². The predicted molar refractivity (Wildman–Crippen MR) is 69.7 cm³/mol. The van der Waals surface area contributed by atoms with Gasteiger partial charge >= 0.3 is 17.9 Å². The van der Waals surface area contributed by atoms with Crippen molar-refractivity contribution in [2.45, 2.75) is 45.1 Å². The molecule has 8 nitrogen and oxygen atoms in total. The lowest BCUT2D eigenvalue weighted by Crippen LogP contribution is -2.54. The molecule has 4 N–H and O–H groups in total. The van der Waals surface area contributed by atoms with E-state index in [0.717, 1.165) is 6.92 Å². The van der Waals surface area contributed by atoms with Gasteiger partial charge in [0.25, 0.3) is 0 Å². The van der Waals surface area contributed by atoms with Crippen molar-refractivity contribution in [3.8, 4) is 0 Å². The second-order valence-corrected chi connectivity index (χ2v) is 4.98. The number of carbonyl (C=O) groups is 4. The third-order valence-corrected chi connectivity index (χ3v) is 3.36. The summed E-state index contributed by atoms with van der Waals surface area (Å²) < 4.78 is 0. The lowest BCUT2D eigenvalue weighted by Gasteiger charge is -2.33. The summed E-state index contributed by atoms with van der Waals surface area (Å²) in [7, 11) is 0. The molecule has 0 amide bonds. The molecule has 0 bridgehead atoms. The summed E-state index contributed by atoms with van der Waals surface area (Å²) in [4.78, 5) is 45.0. The second kappa shape index (κ2) is 7.72. The number of ketones is 1. The zero-order valence-corrected chi connectivity index (χ0v) is 11.9. The number of carboxylic acids is 3. The smallest absolute Gasteiger partial charge is 0.337 e. The van der Waals surface area contributed by atoms with E-state index in [4.69, 9.17) is 10.2 Å². The topological polar surface area (TPSA) is 149 Å². The Labute approximate surface area is 121 Å². The summed E-state index contributed by atoms with van der Waals surface area (Å²) in [5.41, 5.74) is -3.04. The summed E-state index contributed by atoms with van der Waals surface area (Å²) in [5.74, 6) is -9.22. The van der Waals surface area contributed by atoms with E-state index in [9.17, 15) is 29.4 Å². The lowest BCUT2D eigenvalue weighted by atomic mass is 9.72. The van der Waals surface area contributed by atoms with Gasteiger partial charge in [-0.15, -0.1) is 0 Å². The number of aliphatic carboxylic acids is 3. The van der Waals surface area contributed by atoms with E-state index in [1.165, 1.54) is 0 Å². The fourth-order valence-electron chi connectivity index (χ4n) is 2.29. The average Bonchev–Trinajstić information content (AvgIpc) is 2.31. The molecule has 0 aromatic heterocycles. The Morgan fingerprint density at radius 3 is 1.90 bits per heavy atom. The van der Waals surface area contributed by atoms with E-state index in [-0.39, 0.29) is 6.42 Å². The van der Waals surface area contributed by atoms with Crippen molar-refractivity contribution in [3.05, 3.63) is 0 Å². The van der Waals surface area contributed by atoms with Gasteiger partial charge in [0.15, 0.2) is 5.60 Å². The molecule has 120 valence electrons. The van der Waals surface area contributed by atoms with Crippen molar-refractivity contribution >= 4 is 23.7 Å². The Hall–Kier alpha value is -1.96. The monoisotopic (exact) mass is 304 g/mol. The van der Waals surface area contributed by atoms with Crippen LogP contribution in [0.4, 0.5) is 0 Å². The van der Waals surface area contributed by atoms with Crippen molar-refractivity contribution in [2.75, 3.05) is 0 Å². The minimum atomic E-state index is -3.04. The number of hydrogen-bond acceptors (Lipinski definition) is 5. The molecule has 0 rings (SSSR count). The molecule has 3 atom stereocenters. The number of Topliss-reactive ketones (excluding diaryl/α,β-unsaturated/α-hetero) is 1. The van der Waals surface area contributed by atoms with Crippen LogP contribution < -0.4 is 0 Å². The molecule has 0 radical (unpaired) electrons. The van der Waals surface area contributed by atoms with Gasteiger partial charge in [0.05, 0.1) is 6.42 Å². The number of carboxylic acid groups (broad SMARTS) is 3. The number of unbranched alkanes of at least 4 members (excludes halogenated alkanes) is 1. The molecule has 0 aromatic rings. The summed E-state index contributed by atoms with van der Waals surface area (Å²) in [5, 5.41) is 37.1. The number of hydrogen-bond donors (Lipinski definition) is 4. The first-order valence-corrected chi connectivity index (χ1v) is 6.48. The highest BCUT2D eigenvalue weighted by atomic mass is 16.4. The quantitative estimate of drug-likeness (QED) is 0.452. The van der Waals surface area contributed by atoms with Crippen LogP contribution in [0.3, 0.4) is 0 Å². The molecule has 3 unspecified atom stereocenters. The van der Waals surface area contributed by atoms with Gasteiger partial charge in [0, 0.05) is 5.92 Å². The highest BCUT2D eigenvalue weighted by Gasteiger charge is 2.54. The zero-order chi connectivity index (χ0) is 16.8. The standard InChI is InChI=1S/C13H20O8/c1-3-4-5-8(7(2)14)10(11(17)18)13(21,12(19)20)6-9(15)16/h8,10,21H,3-6H2,1-2H3,(H,15,16)(H,17,18)(H,19,20). The largest absolute Gasteiger partial charge is 0.481 e. The summed E-state index contributed by atoms with van der Waals surface area (Å²) in [6.45, 7) is 2.90. The van der Waals surface area contributed by atoms with Crippen molar-refractivity contribution in [1.82, 2.24) is 0 Å². The minimum Gasteiger partial charge on any atom is -0.481 e. The van der Waals surface area contributed by atoms with Gasteiger partial charge in [-0.25, -0.2) is 4.79 Å². The Morgan fingerprint density at radius 1 is 1.10 bits per heavy atom. The van der Waals surface area contributed by atoms with Crippen LogP contribution >= 0.6 is 0 Å². The molecule has 0 aliphatic heterocycles. The fourth-order valence-corrected chi connectivity index (χ4v) is 2.29. The highest BCUT2D eigenvalue weighted by Crippen LogP contribution is 2.33. The number of aliphatic hydroxyl groups is 1. The molecule has 0 aliphatic rings. The van der Waals surface area contributed by atoms with Crippen molar-refractivity contribution in [2.24, 2.45) is 11.8 Å². The van der Waals surface area contributed by atoms with Crippen LogP contribution in [-0.4, -0.2) is 49.7 Å². The summed E-state index contributed by atoms with van der Waals surface area (Å²) in [6.07, 6.45) is -0.134. The maximum absolute atomic E-state index is 11.6. The van der Waals surface area contributed by atoms with Gasteiger partial charge in [-0.3, -0.25) is 14.4 Å². The third-order valence-electron chi connectivity index (χ3n) is 3.36. The molecule has 0 aliphatic carbocycles. The first kappa shape index (κ1) is 19.0. The van der Waals surface area contributed by atoms with E-state index in [1.54, 1.807) is 6.92 Å². The molecule has 8 heteroatoms. The Bertz CT molecular complexity index is 430. The van der Waals surface area contributed by atoms with Gasteiger partial charge < -0.3 is 20.4 Å². The molecule has 0 spiro atoms. The maximum atomic E-state index is 11.6. The summed E-state index contributed by atoms with van der Waals surface area (Å²) in [6, 6.07) is 0. The number of rotatable bonds is 10. The molecule has 0 heterocycles. The predicted octanol–water partition coefficient (Wildman–Crippen LogP) is 0.373. The van der Waals surface area contributed by atoms with Gasteiger partial charge in [0.2, 0.25) is 0 Å². The third kappa shape index (κ3) is 4.82. The van der Waals surface area contributed by atoms with Crippen LogP contribution in [-0.2, 0) is 19.2 Å². The zero-order valence-electron chi connectivity index (χ0n) is 11.9. The molecule has 0 saturated carbocycles. The van der Waals surface area contributed by atoms with Crippen molar-refractivity contribution < 1.29 is 39.6 Å². The Kier molecular flexibility index (Phi) is 7.00. The van der Waals surface area contributed by atoms with Crippen LogP contribution in [0, 0.1) is 11.8 Å². The minimum absolute atomic E-state index is 0.0675. The van der Waals surface area contributed by atoms with Crippen LogP contribution in [0.2, 0.25) is 0 Å². The van der Waals surface area contributed by atoms with Crippen molar-refractivity contribution in [3.63, 3.8) is 0 Å². The lowest BCUT2D eigenvalue weighted by molar-refractivity contribution is -0.183. The molecule has 0 fully saturated rings. The van der Waals surface area contributed by atoms with Gasteiger partial charge in [-0.05, 0) is 13.3 Å². The van der Waals surface area contributed by atoms with Crippen LogP contribution in [0.5, 0.6) is 0 Å². The van der Waals surface area contributed by atoms with E-state index >= 15 is 0 Å². The van der Waals surface area contributed by atoms with E-state index in [2.05, 4.69) is 0 Å². The molecule has 0 aromatic carbocycles. The van der Waals surface area contributed by atoms with E-state index in [1.807, 2.05) is 0 Å². The van der Waals surface area contributed by atoms with Crippen molar-refractivity contribution in [1.29, 1.82) is 0 Å². The Morgan fingerprint density at radius 2 is 1.62 bits per heavy atom. The second-order valence-electron chi connectivity index (χ2n) is 4.98. The first-order valence-electron chi connectivity index (χ1n) is 6.48. The molecule has 0 saturated heterocycles. The van der Waals surface area contributed by atoms with E-state index < -0.39 is 47.5 Å². The fraction of sp³-hybridized carbons (Fsp3) is 0.692. The summed E-state index contributed by atoms with van der Waals surface area (Å²) >= 11 is 0. The van der Waals surface area contributed by atoms with Gasteiger partial charge in [-0.1, -0.05) is 19.8 Å². The highest BCUT2D eigenvalue weighted by molar-refractivity contribution is 5.93. The van der Waals surface area contributed by atoms with E-state index in [0.29, 0.717) is 12.8 Å².